The highest BCUT2D eigenvalue weighted by Gasteiger charge is 2.53. The molecule has 0 saturated carbocycles. The van der Waals surface area contributed by atoms with Gasteiger partial charge >= 0.3 is 11.7 Å². The van der Waals surface area contributed by atoms with Crippen molar-refractivity contribution in [1.82, 2.24) is 5.32 Å². The zero-order valence-electron chi connectivity index (χ0n) is 27.7. The Bertz CT molecular complexity index is 1740. The van der Waals surface area contributed by atoms with Crippen molar-refractivity contribution < 1.29 is 48.3 Å². The van der Waals surface area contributed by atoms with E-state index in [-0.39, 0.29) is 39.6 Å². The Morgan fingerprint density at radius 2 is 1.83 bits per heavy atom. The number of fused-ring (bicyclic) bond motifs is 1. The lowest BCUT2D eigenvalue weighted by atomic mass is 9.89. The van der Waals surface area contributed by atoms with E-state index in [9.17, 15) is 29.7 Å². The minimum Gasteiger partial charge on any atom is -0.508 e. The Balaban J connectivity index is 1.61. The van der Waals surface area contributed by atoms with Crippen LogP contribution >= 0.6 is 0 Å². The molecule has 1 aliphatic heterocycles. The topological polar surface area (TPSA) is 186 Å². The molecule has 5 N–H and O–H groups in total. The molecular weight excluding hydrogens is 612 g/mol. The SMILES string of the molecule is CO[C@@H]1[C@@H](OC(=O)NC(C)C)[C@@H](O)[C@H](Oc2ccc3c(O)c(NC(=O)c4ccc(O)c(CC=C(C)C)c4)c(=O)oc3c2C)OC1(C)C. The number of anilines is 1. The second-order valence-corrected chi connectivity index (χ2v) is 12.5. The van der Waals surface area contributed by atoms with Gasteiger partial charge in [-0.1, -0.05) is 11.6 Å². The number of phenols is 1. The molecule has 0 bridgehead atoms. The van der Waals surface area contributed by atoms with Crippen LogP contribution in [0, 0.1) is 6.92 Å². The molecule has 1 saturated heterocycles. The van der Waals surface area contributed by atoms with Crippen molar-refractivity contribution in [3.63, 3.8) is 0 Å². The molecule has 1 fully saturated rings. The van der Waals surface area contributed by atoms with Gasteiger partial charge in [-0.15, -0.1) is 0 Å². The van der Waals surface area contributed by atoms with Crippen molar-refractivity contribution in [1.29, 1.82) is 0 Å². The van der Waals surface area contributed by atoms with Crippen LogP contribution in [-0.4, -0.2) is 70.7 Å². The van der Waals surface area contributed by atoms with Crippen molar-refractivity contribution in [2.75, 3.05) is 12.4 Å². The van der Waals surface area contributed by atoms with Crippen LogP contribution in [0.15, 0.2) is 51.2 Å². The number of aromatic hydroxyl groups is 2. The highest BCUT2D eigenvalue weighted by atomic mass is 16.7. The van der Waals surface area contributed by atoms with E-state index in [4.69, 9.17) is 23.4 Å². The number of allylic oxidation sites excluding steroid dienone is 2. The van der Waals surface area contributed by atoms with E-state index in [1.165, 1.54) is 37.4 Å². The van der Waals surface area contributed by atoms with E-state index in [1.807, 2.05) is 19.9 Å². The lowest BCUT2D eigenvalue weighted by Gasteiger charge is -2.47. The van der Waals surface area contributed by atoms with Gasteiger partial charge in [0.25, 0.3) is 5.91 Å². The number of rotatable bonds is 9. The number of benzene rings is 2. The molecule has 13 nitrogen and oxygen atoms in total. The van der Waals surface area contributed by atoms with Crippen molar-refractivity contribution in [3.8, 4) is 17.2 Å². The number of amides is 2. The van der Waals surface area contributed by atoms with Gasteiger partial charge in [-0.25, -0.2) is 9.59 Å². The van der Waals surface area contributed by atoms with E-state index in [1.54, 1.807) is 34.6 Å². The maximum absolute atomic E-state index is 13.1. The third kappa shape index (κ3) is 7.70. The molecule has 2 heterocycles. The molecule has 47 heavy (non-hydrogen) atoms. The van der Waals surface area contributed by atoms with Gasteiger partial charge in [-0.2, -0.15) is 0 Å². The molecule has 0 aliphatic carbocycles. The molecule has 0 unspecified atom stereocenters. The van der Waals surface area contributed by atoms with Gasteiger partial charge in [0.05, 0.1) is 11.0 Å². The summed E-state index contributed by atoms with van der Waals surface area (Å²) in [5.41, 5.74) is -0.588. The second kappa shape index (κ2) is 14.0. The Labute approximate surface area is 272 Å². The standard InChI is InChI=1S/C34H42N2O11/c1-16(2)9-10-19-15-20(11-13-22(19)37)30(40)36-24-25(38)21-12-14-23(18(5)27(21)45-31(24)41)44-32-26(39)28(46-33(42)35-17(3)4)29(43-8)34(6,7)47-32/h9,11-15,17,26,28-29,32,37-39H,10H2,1-8H3,(H,35,42)(H,36,40)/t26-,28+,29-,32-/m1/s1. The van der Waals surface area contributed by atoms with E-state index in [0.29, 0.717) is 12.0 Å². The van der Waals surface area contributed by atoms with Crippen LogP contribution in [0.5, 0.6) is 17.2 Å². The Morgan fingerprint density at radius 1 is 1.13 bits per heavy atom. The molecule has 3 aromatic rings. The predicted octanol–water partition coefficient (Wildman–Crippen LogP) is 4.67. The summed E-state index contributed by atoms with van der Waals surface area (Å²) >= 11 is 0. The normalized spacial score (nSPS) is 20.5. The van der Waals surface area contributed by atoms with Gasteiger partial charge in [-0.3, -0.25) is 4.79 Å². The molecule has 2 amide bonds. The number of alkyl carbamates (subject to hydrolysis) is 1. The van der Waals surface area contributed by atoms with Gasteiger partial charge in [0.2, 0.25) is 6.29 Å². The highest BCUT2D eigenvalue weighted by Crippen LogP contribution is 2.38. The van der Waals surface area contributed by atoms with E-state index in [2.05, 4.69) is 10.6 Å². The summed E-state index contributed by atoms with van der Waals surface area (Å²) in [7, 11) is 1.41. The third-order valence-corrected chi connectivity index (χ3v) is 7.72. The number of phenolic OH excluding ortho intramolecular Hbond substituents is 1. The number of aryl methyl sites for hydroxylation is 1. The maximum atomic E-state index is 13.1. The van der Waals surface area contributed by atoms with Crippen LogP contribution in [0.25, 0.3) is 11.0 Å². The van der Waals surface area contributed by atoms with Crippen LogP contribution in [0.3, 0.4) is 0 Å². The molecule has 4 atom stereocenters. The molecule has 13 heteroatoms. The van der Waals surface area contributed by atoms with Gasteiger partial charge in [-0.05, 0) is 90.8 Å². The van der Waals surface area contributed by atoms with E-state index < -0.39 is 59.3 Å². The highest BCUT2D eigenvalue weighted by molar-refractivity contribution is 6.06. The quantitative estimate of drug-likeness (QED) is 0.160. The Kier molecular flexibility index (Phi) is 10.5. The first-order chi connectivity index (χ1) is 22.0. The fourth-order valence-corrected chi connectivity index (χ4v) is 5.32. The number of carbonyl (C=O) groups is 2. The first-order valence-corrected chi connectivity index (χ1v) is 15.1. The van der Waals surface area contributed by atoms with Gasteiger partial charge in [0.1, 0.15) is 23.2 Å². The molecule has 2 aromatic carbocycles. The predicted molar refractivity (Wildman–Crippen MR) is 173 cm³/mol. The van der Waals surface area contributed by atoms with Crippen molar-refractivity contribution >= 4 is 28.7 Å². The van der Waals surface area contributed by atoms with Crippen molar-refractivity contribution in [2.24, 2.45) is 0 Å². The summed E-state index contributed by atoms with van der Waals surface area (Å²) in [6.45, 7) is 12.3. The number of aliphatic hydroxyl groups is 1. The number of hydrogen-bond acceptors (Lipinski definition) is 11. The fourth-order valence-electron chi connectivity index (χ4n) is 5.32. The minimum atomic E-state index is -1.48. The van der Waals surface area contributed by atoms with E-state index in [0.717, 1.165) is 5.57 Å². The lowest BCUT2D eigenvalue weighted by molar-refractivity contribution is -0.305. The van der Waals surface area contributed by atoms with Gasteiger partial charge < -0.3 is 49.3 Å². The lowest BCUT2D eigenvalue weighted by Crippen LogP contribution is -2.65. The van der Waals surface area contributed by atoms with Crippen molar-refractivity contribution in [2.45, 2.75) is 91.1 Å². The second-order valence-electron chi connectivity index (χ2n) is 12.5. The van der Waals surface area contributed by atoms with Crippen LogP contribution in [-0.2, 0) is 20.6 Å². The molecule has 254 valence electrons. The van der Waals surface area contributed by atoms with E-state index >= 15 is 0 Å². The summed E-state index contributed by atoms with van der Waals surface area (Å²) in [6.07, 6.45) is -3.29. The minimum absolute atomic E-state index is 0.0218. The van der Waals surface area contributed by atoms with Crippen molar-refractivity contribution in [3.05, 3.63) is 69.1 Å². The van der Waals surface area contributed by atoms with Crippen LogP contribution in [0.4, 0.5) is 10.5 Å². The number of nitrogens with one attached hydrogen (secondary N) is 2. The van der Waals surface area contributed by atoms with Gasteiger partial charge in [0.15, 0.2) is 23.6 Å². The average molecular weight is 655 g/mol. The summed E-state index contributed by atoms with van der Waals surface area (Å²) in [5.74, 6) is -1.05. The molecule has 1 aliphatic rings. The number of hydrogen-bond donors (Lipinski definition) is 5. The molecular formula is C34H42N2O11. The van der Waals surface area contributed by atoms with Crippen LogP contribution < -0.4 is 21.0 Å². The van der Waals surface area contributed by atoms with Gasteiger partial charge in [0, 0.05) is 24.3 Å². The molecule has 0 radical (unpaired) electrons. The Hall–Kier alpha value is -4.59. The molecule has 1 aromatic heterocycles. The zero-order chi connectivity index (χ0) is 34.8. The summed E-state index contributed by atoms with van der Waals surface area (Å²) in [5, 5.41) is 37.6. The first kappa shape index (κ1) is 35.3. The monoisotopic (exact) mass is 654 g/mol. The fraction of sp³-hybridized carbons (Fsp3) is 0.441. The smallest absolute Gasteiger partial charge is 0.407 e. The largest absolute Gasteiger partial charge is 0.508 e. The number of carbonyl (C=O) groups excluding carboxylic acids is 2. The first-order valence-electron chi connectivity index (χ1n) is 15.1. The average Bonchev–Trinajstić information content (AvgIpc) is 2.98. The number of aliphatic hydroxyl groups excluding tert-OH is 1. The summed E-state index contributed by atoms with van der Waals surface area (Å²) in [4.78, 5) is 38.5. The third-order valence-electron chi connectivity index (χ3n) is 7.72. The number of ether oxygens (including phenoxy) is 4. The van der Waals surface area contributed by atoms with Crippen LogP contribution in [0.1, 0.15) is 63.0 Å². The molecule has 4 rings (SSSR count). The zero-order valence-corrected chi connectivity index (χ0v) is 27.7. The summed E-state index contributed by atoms with van der Waals surface area (Å²) < 4.78 is 28.7. The summed E-state index contributed by atoms with van der Waals surface area (Å²) in [6, 6.07) is 6.97. The number of methoxy groups -OCH3 is 1. The van der Waals surface area contributed by atoms with Crippen LogP contribution in [0.2, 0.25) is 0 Å². The maximum Gasteiger partial charge on any atom is 0.407 e. The molecule has 0 spiro atoms. The Morgan fingerprint density at radius 3 is 2.47 bits per heavy atom.